The van der Waals surface area contributed by atoms with Crippen LogP contribution in [0.2, 0.25) is 0 Å². The molecule has 6 heteroatoms. The van der Waals surface area contributed by atoms with Gasteiger partial charge in [-0.25, -0.2) is 5.53 Å². The molecule has 134 valence electrons. The number of benzene rings is 1. The van der Waals surface area contributed by atoms with Crippen molar-refractivity contribution in [1.82, 2.24) is 15.5 Å². The quantitative estimate of drug-likeness (QED) is 0.722. The molecule has 0 unspecified atom stereocenters. The van der Waals surface area contributed by atoms with Gasteiger partial charge in [-0.2, -0.15) is 5.10 Å². The molecular formula is C21H19N5S. The summed E-state index contributed by atoms with van der Waals surface area (Å²) in [5.41, 5.74) is 7.44. The van der Waals surface area contributed by atoms with Crippen LogP contribution in [0.15, 0.2) is 77.9 Å². The highest BCUT2D eigenvalue weighted by Crippen LogP contribution is 2.33. The number of nitrogens with zero attached hydrogens (tertiary/aromatic N) is 4. The second kappa shape index (κ2) is 6.25. The lowest BCUT2D eigenvalue weighted by Gasteiger charge is -2.29. The fourth-order valence-corrected chi connectivity index (χ4v) is 4.24. The molecule has 0 bridgehead atoms. The first-order chi connectivity index (χ1) is 13.2. The van der Waals surface area contributed by atoms with Gasteiger partial charge in [0.1, 0.15) is 11.4 Å². The Morgan fingerprint density at radius 2 is 2.07 bits per heavy atom. The highest BCUT2D eigenvalue weighted by molar-refractivity contribution is 7.16. The standard InChI is InChI=1S/C21H19N5S/c1-14-5-8-21(27-14)25-11-9-19-20(13-25)26(24-23-19)15(2)16-6-7-18-17(12-16)4-3-10-22-18/h3-13,15,24H,1-2H3/t15-/m1/s1. The lowest BCUT2D eigenvalue weighted by atomic mass is 10.0. The first-order valence-electron chi connectivity index (χ1n) is 8.91. The number of anilines is 1. The molecule has 0 saturated carbocycles. The minimum atomic E-state index is 0.125. The molecule has 0 fully saturated rings. The van der Waals surface area contributed by atoms with E-state index >= 15 is 0 Å². The maximum Gasteiger partial charge on any atom is 0.113 e. The van der Waals surface area contributed by atoms with Gasteiger partial charge < -0.3 is 4.90 Å². The number of thiophene rings is 1. The summed E-state index contributed by atoms with van der Waals surface area (Å²) in [6.07, 6.45) is 8.08. The van der Waals surface area contributed by atoms with Crippen LogP contribution in [0.3, 0.4) is 0 Å². The van der Waals surface area contributed by atoms with Crippen LogP contribution in [0.4, 0.5) is 5.00 Å². The highest BCUT2D eigenvalue weighted by atomic mass is 32.1. The Labute approximate surface area is 161 Å². The molecular weight excluding hydrogens is 354 g/mol. The molecule has 4 heterocycles. The normalized spacial score (nSPS) is 16.8. The molecule has 0 radical (unpaired) electrons. The molecule has 0 spiro atoms. The monoisotopic (exact) mass is 373 g/mol. The third kappa shape index (κ3) is 2.78. The molecule has 0 saturated heterocycles. The molecule has 5 rings (SSSR count). The van der Waals surface area contributed by atoms with Gasteiger partial charge in [0.2, 0.25) is 0 Å². The second-order valence-corrected chi connectivity index (χ2v) is 7.99. The van der Waals surface area contributed by atoms with Crippen molar-refractivity contribution in [3.8, 4) is 0 Å². The van der Waals surface area contributed by atoms with E-state index in [0.717, 1.165) is 22.3 Å². The third-order valence-corrected chi connectivity index (χ3v) is 5.95. The number of nitrogens with one attached hydrogen (secondary N) is 1. The molecule has 1 aromatic carbocycles. The molecule has 2 aromatic heterocycles. The van der Waals surface area contributed by atoms with Gasteiger partial charge in [-0.3, -0.25) is 9.99 Å². The summed E-state index contributed by atoms with van der Waals surface area (Å²) in [5, 5.41) is 8.95. The summed E-state index contributed by atoms with van der Waals surface area (Å²) < 4.78 is 0. The van der Waals surface area contributed by atoms with E-state index in [4.69, 9.17) is 0 Å². The fourth-order valence-electron chi connectivity index (χ4n) is 3.41. The van der Waals surface area contributed by atoms with Crippen LogP contribution in [0.5, 0.6) is 0 Å². The van der Waals surface area contributed by atoms with Crippen LogP contribution < -0.4 is 10.4 Å². The van der Waals surface area contributed by atoms with Gasteiger partial charge in [0, 0.05) is 28.9 Å². The van der Waals surface area contributed by atoms with E-state index in [2.05, 4.69) is 94.3 Å². The maximum atomic E-state index is 4.48. The molecule has 1 atom stereocenters. The number of aromatic nitrogens is 1. The van der Waals surface area contributed by atoms with E-state index in [-0.39, 0.29) is 6.04 Å². The van der Waals surface area contributed by atoms with Crippen LogP contribution in [0.1, 0.15) is 23.4 Å². The second-order valence-electron chi connectivity index (χ2n) is 6.72. The zero-order chi connectivity index (χ0) is 18.4. The van der Waals surface area contributed by atoms with Gasteiger partial charge in [-0.1, -0.05) is 12.1 Å². The molecule has 27 heavy (non-hydrogen) atoms. The van der Waals surface area contributed by atoms with Crippen molar-refractivity contribution in [2.75, 3.05) is 4.90 Å². The van der Waals surface area contributed by atoms with E-state index in [0.29, 0.717) is 0 Å². The zero-order valence-electron chi connectivity index (χ0n) is 15.1. The Bertz CT molecular complexity index is 1110. The van der Waals surface area contributed by atoms with Gasteiger partial charge in [0.05, 0.1) is 16.6 Å². The average molecular weight is 373 g/mol. The number of hydrazone groups is 1. The number of hydrogen-bond acceptors (Lipinski definition) is 6. The van der Waals surface area contributed by atoms with Crippen LogP contribution in [-0.4, -0.2) is 15.7 Å². The number of rotatable bonds is 3. The number of fused-ring (bicyclic) bond motifs is 2. The molecule has 0 aliphatic carbocycles. The Hall–Kier alpha value is -3.12. The summed E-state index contributed by atoms with van der Waals surface area (Å²) in [4.78, 5) is 7.87. The van der Waals surface area contributed by atoms with Crippen molar-refractivity contribution in [1.29, 1.82) is 0 Å². The third-order valence-electron chi connectivity index (χ3n) is 4.93. The van der Waals surface area contributed by atoms with Crippen molar-refractivity contribution in [2.45, 2.75) is 19.9 Å². The van der Waals surface area contributed by atoms with Crippen LogP contribution >= 0.6 is 11.3 Å². The first-order valence-corrected chi connectivity index (χ1v) is 9.73. The smallest absolute Gasteiger partial charge is 0.113 e. The minimum absolute atomic E-state index is 0.125. The van der Waals surface area contributed by atoms with E-state index in [1.165, 1.54) is 15.4 Å². The van der Waals surface area contributed by atoms with Crippen LogP contribution in [-0.2, 0) is 0 Å². The van der Waals surface area contributed by atoms with Crippen molar-refractivity contribution >= 4 is 33.0 Å². The molecule has 2 aliphatic heterocycles. The predicted molar refractivity (Wildman–Crippen MR) is 111 cm³/mol. The number of pyridine rings is 1. The van der Waals surface area contributed by atoms with Gasteiger partial charge in [-0.15, -0.1) is 11.3 Å². The highest BCUT2D eigenvalue weighted by Gasteiger charge is 2.29. The fraction of sp³-hybridized carbons (Fsp3) is 0.143. The number of aryl methyl sites for hydroxylation is 1. The summed E-state index contributed by atoms with van der Waals surface area (Å²) >= 11 is 1.78. The van der Waals surface area contributed by atoms with E-state index in [9.17, 15) is 0 Å². The lowest BCUT2D eigenvalue weighted by molar-refractivity contribution is 0.217. The summed E-state index contributed by atoms with van der Waals surface area (Å²) in [6, 6.07) is 14.9. The number of hydrogen-bond donors (Lipinski definition) is 1. The topological polar surface area (TPSA) is 43.8 Å². The van der Waals surface area contributed by atoms with Crippen molar-refractivity contribution in [2.24, 2.45) is 5.10 Å². The van der Waals surface area contributed by atoms with Crippen LogP contribution in [0.25, 0.3) is 10.9 Å². The van der Waals surface area contributed by atoms with E-state index < -0.39 is 0 Å². The SMILES string of the molecule is Cc1ccc(N2C=CC3=NNN([C@H](C)c4ccc5ncccc5c4)C3=C2)s1. The summed E-state index contributed by atoms with van der Waals surface area (Å²) in [7, 11) is 0. The molecule has 5 nitrogen and oxygen atoms in total. The average Bonchev–Trinajstić information content (AvgIpc) is 3.32. The van der Waals surface area contributed by atoms with Gasteiger partial charge in [0.15, 0.2) is 0 Å². The van der Waals surface area contributed by atoms with Gasteiger partial charge >= 0.3 is 0 Å². The number of allylic oxidation sites excluding steroid dienone is 1. The first kappa shape index (κ1) is 16.1. The Morgan fingerprint density at radius 3 is 2.93 bits per heavy atom. The molecule has 0 amide bonds. The van der Waals surface area contributed by atoms with E-state index in [1.54, 1.807) is 11.3 Å². The van der Waals surface area contributed by atoms with Crippen molar-refractivity contribution in [3.63, 3.8) is 0 Å². The predicted octanol–water partition coefficient (Wildman–Crippen LogP) is 4.72. The van der Waals surface area contributed by atoms with Gasteiger partial charge in [-0.05, 0) is 55.8 Å². The van der Waals surface area contributed by atoms with Gasteiger partial charge in [0.25, 0.3) is 0 Å². The minimum Gasteiger partial charge on any atom is -0.313 e. The Kier molecular flexibility index (Phi) is 3.72. The lowest BCUT2D eigenvalue weighted by Crippen LogP contribution is -2.34. The van der Waals surface area contributed by atoms with Crippen LogP contribution in [0, 0.1) is 6.92 Å². The van der Waals surface area contributed by atoms with E-state index in [1.807, 2.05) is 12.3 Å². The van der Waals surface area contributed by atoms with Crippen molar-refractivity contribution < 1.29 is 0 Å². The Morgan fingerprint density at radius 1 is 1.15 bits per heavy atom. The molecule has 3 aromatic rings. The summed E-state index contributed by atoms with van der Waals surface area (Å²) in [5.74, 6) is 0. The Balaban J connectivity index is 1.47. The molecule has 2 aliphatic rings. The zero-order valence-corrected chi connectivity index (χ0v) is 15.9. The molecule has 1 N–H and O–H groups in total. The van der Waals surface area contributed by atoms with Crippen molar-refractivity contribution in [3.05, 3.63) is 83.3 Å². The summed E-state index contributed by atoms with van der Waals surface area (Å²) in [6.45, 7) is 4.31. The maximum absolute atomic E-state index is 4.48. The number of hydrazine groups is 1. The largest absolute Gasteiger partial charge is 0.313 e.